The van der Waals surface area contributed by atoms with Crippen LogP contribution in [0.25, 0.3) is 10.9 Å². The van der Waals surface area contributed by atoms with Gasteiger partial charge in [-0.05, 0) is 60.7 Å². The van der Waals surface area contributed by atoms with Gasteiger partial charge in [0.05, 0.1) is 28.8 Å². The highest BCUT2D eigenvalue weighted by atomic mass is 35.5. The number of sulfonamides is 1. The number of anilines is 3. The lowest BCUT2D eigenvalue weighted by Crippen LogP contribution is -2.47. The van der Waals surface area contributed by atoms with Crippen LogP contribution in [0.2, 0.25) is 0 Å². The van der Waals surface area contributed by atoms with Gasteiger partial charge in [-0.15, -0.1) is 37.2 Å². The Bertz CT molecular complexity index is 1620. The molecule has 9 nitrogen and oxygen atoms in total. The molecule has 1 aromatic heterocycles. The molecule has 0 amide bonds. The first kappa shape index (κ1) is 33.7. The minimum absolute atomic E-state index is 0. The molecule has 0 unspecified atom stereocenters. The molecular weight excluding hydrogens is 618 g/mol. The third-order valence-corrected chi connectivity index (χ3v) is 7.84. The monoisotopic (exact) mass is 644 g/mol. The van der Waals surface area contributed by atoms with Gasteiger partial charge in [-0.1, -0.05) is 12.1 Å². The number of methoxy groups -OCH3 is 1. The number of ether oxygens (including phenoxy) is 1. The van der Waals surface area contributed by atoms with E-state index in [1.165, 1.54) is 37.4 Å². The summed E-state index contributed by atoms with van der Waals surface area (Å²) in [6.07, 6.45) is 0. The number of hydrogen-bond donors (Lipinski definition) is 2. The van der Waals surface area contributed by atoms with Crippen LogP contribution in [-0.2, 0) is 10.0 Å². The van der Waals surface area contributed by atoms with E-state index in [1.54, 1.807) is 42.5 Å². The Labute approximate surface area is 255 Å². The zero-order chi connectivity index (χ0) is 26.9. The minimum Gasteiger partial charge on any atom is -0.497 e. The normalized spacial score (nSPS) is 12.9. The van der Waals surface area contributed by atoms with E-state index in [4.69, 9.17) is 4.74 Å². The van der Waals surface area contributed by atoms with Gasteiger partial charge in [0.2, 0.25) is 0 Å². The summed E-state index contributed by atoms with van der Waals surface area (Å²) in [6, 6.07) is 18.6. The minimum atomic E-state index is -3.91. The standard InChI is InChI=1S/C27H25FN4O5S.3ClH/c1-37-19-7-9-20(10-8-19)38(35,36)30-18-6-11-24-21(16-18)22(27(33)34)17-26(29-24)32-14-12-31(13-15-32)25-5-3-2-4-23(25)28;;;/h2-11,16-17,30H,12-15H2,1H3,(H,33,34);3*1H. The lowest BCUT2D eigenvalue weighted by Gasteiger charge is -2.37. The number of halogens is 4. The average Bonchev–Trinajstić information content (AvgIpc) is 2.92. The number of pyridine rings is 1. The van der Waals surface area contributed by atoms with Crippen LogP contribution >= 0.6 is 37.2 Å². The molecule has 1 fully saturated rings. The molecule has 4 aromatic rings. The van der Waals surface area contributed by atoms with Crippen molar-refractivity contribution in [2.75, 3.05) is 47.8 Å². The molecule has 1 aliphatic rings. The molecule has 2 heterocycles. The number of nitrogens with zero attached hydrogens (tertiary/aromatic N) is 3. The lowest BCUT2D eigenvalue weighted by atomic mass is 10.1. The number of nitrogens with one attached hydrogen (secondary N) is 1. The number of para-hydroxylation sites is 1. The first-order chi connectivity index (χ1) is 18.2. The second-order valence-corrected chi connectivity index (χ2v) is 10.5. The molecule has 41 heavy (non-hydrogen) atoms. The van der Waals surface area contributed by atoms with Gasteiger partial charge in [-0.25, -0.2) is 22.6 Å². The van der Waals surface area contributed by atoms with Gasteiger partial charge >= 0.3 is 5.97 Å². The molecule has 1 aliphatic heterocycles. The first-order valence-electron chi connectivity index (χ1n) is 11.8. The average molecular weight is 646 g/mol. The van der Waals surface area contributed by atoms with Crippen molar-refractivity contribution in [1.82, 2.24) is 4.98 Å². The van der Waals surface area contributed by atoms with E-state index in [-0.39, 0.29) is 59.2 Å². The van der Waals surface area contributed by atoms with E-state index in [9.17, 15) is 22.7 Å². The van der Waals surface area contributed by atoms with Gasteiger partial charge < -0.3 is 19.6 Å². The summed E-state index contributed by atoms with van der Waals surface area (Å²) in [5, 5.41) is 10.2. The molecule has 3 aromatic carbocycles. The molecule has 220 valence electrons. The maximum atomic E-state index is 14.2. The van der Waals surface area contributed by atoms with Crippen LogP contribution in [0.3, 0.4) is 0 Å². The Morgan fingerprint density at radius 1 is 0.927 bits per heavy atom. The van der Waals surface area contributed by atoms with Crippen molar-refractivity contribution in [3.63, 3.8) is 0 Å². The summed E-state index contributed by atoms with van der Waals surface area (Å²) in [5.41, 5.74) is 1.18. The van der Waals surface area contributed by atoms with Crippen LogP contribution in [0.1, 0.15) is 10.4 Å². The lowest BCUT2D eigenvalue weighted by molar-refractivity contribution is 0.0699. The number of piperazine rings is 1. The van der Waals surface area contributed by atoms with E-state index in [0.29, 0.717) is 54.3 Å². The molecule has 2 N–H and O–H groups in total. The number of carbonyl (C=O) groups is 1. The zero-order valence-electron chi connectivity index (χ0n) is 21.7. The second-order valence-electron chi connectivity index (χ2n) is 8.77. The quantitative estimate of drug-likeness (QED) is 0.272. The number of fused-ring (bicyclic) bond motifs is 1. The van der Waals surface area contributed by atoms with Crippen molar-refractivity contribution < 1.29 is 27.4 Å². The molecule has 0 aliphatic carbocycles. The Morgan fingerprint density at radius 2 is 1.56 bits per heavy atom. The Balaban J connectivity index is 0.00000196. The molecule has 1 saturated heterocycles. The van der Waals surface area contributed by atoms with Gasteiger partial charge in [0.1, 0.15) is 17.4 Å². The van der Waals surface area contributed by atoms with Crippen molar-refractivity contribution in [1.29, 1.82) is 0 Å². The molecule has 0 radical (unpaired) electrons. The maximum Gasteiger partial charge on any atom is 0.336 e. The van der Waals surface area contributed by atoms with Crippen molar-refractivity contribution >= 4 is 81.3 Å². The zero-order valence-corrected chi connectivity index (χ0v) is 25.0. The van der Waals surface area contributed by atoms with Gasteiger partial charge in [-0.2, -0.15) is 0 Å². The predicted molar refractivity (Wildman–Crippen MR) is 165 cm³/mol. The molecule has 0 saturated carbocycles. The van der Waals surface area contributed by atoms with E-state index in [0.717, 1.165) is 0 Å². The van der Waals surface area contributed by atoms with Crippen molar-refractivity contribution in [3.8, 4) is 5.75 Å². The van der Waals surface area contributed by atoms with Crippen LogP contribution in [0.4, 0.5) is 21.6 Å². The molecule has 5 rings (SSSR count). The number of aromatic carboxylic acids is 1. The summed E-state index contributed by atoms with van der Waals surface area (Å²) >= 11 is 0. The fourth-order valence-corrected chi connectivity index (χ4v) is 5.52. The van der Waals surface area contributed by atoms with Crippen LogP contribution in [0.5, 0.6) is 5.75 Å². The summed E-state index contributed by atoms with van der Waals surface area (Å²) < 4.78 is 47.5. The number of benzene rings is 3. The van der Waals surface area contributed by atoms with Crippen LogP contribution in [0, 0.1) is 5.82 Å². The maximum absolute atomic E-state index is 14.2. The van der Waals surface area contributed by atoms with Crippen LogP contribution in [-0.4, -0.2) is 57.8 Å². The number of carboxylic acid groups (broad SMARTS) is 1. The molecule has 0 bridgehead atoms. The summed E-state index contributed by atoms with van der Waals surface area (Å²) in [6.45, 7) is 2.17. The van der Waals surface area contributed by atoms with Gasteiger partial charge in [-0.3, -0.25) is 4.72 Å². The highest BCUT2D eigenvalue weighted by Crippen LogP contribution is 2.29. The predicted octanol–water partition coefficient (Wildman–Crippen LogP) is 5.47. The SMILES string of the molecule is COc1ccc(S(=O)(=O)Nc2ccc3nc(N4CCN(c5ccccc5F)CC4)cc(C(=O)O)c3c2)cc1.Cl.Cl.Cl. The van der Waals surface area contributed by atoms with E-state index in [2.05, 4.69) is 9.71 Å². The number of aromatic nitrogens is 1. The summed E-state index contributed by atoms with van der Waals surface area (Å²) in [5.74, 6) is -0.416. The highest BCUT2D eigenvalue weighted by molar-refractivity contribution is 7.92. The first-order valence-corrected chi connectivity index (χ1v) is 13.3. The van der Waals surface area contributed by atoms with Crippen molar-refractivity contribution in [3.05, 3.63) is 84.2 Å². The van der Waals surface area contributed by atoms with Crippen LogP contribution < -0.4 is 19.3 Å². The summed E-state index contributed by atoms with van der Waals surface area (Å²) in [7, 11) is -2.42. The fourth-order valence-electron chi connectivity index (χ4n) is 4.47. The number of hydrogen-bond acceptors (Lipinski definition) is 7. The largest absolute Gasteiger partial charge is 0.497 e. The van der Waals surface area contributed by atoms with Gasteiger partial charge in [0, 0.05) is 37.3 Å². The third-order valence-electron chi connectivity index (χ3n) is 6.44. The fraction of sp³-hybridized carbons (Fsp3) is 0.185. The van der Waals surface area contributed by atoms with Crippen LogP contribution in [0.15, 0.2) is 77.7 Å². The van der Waals surface area contributed by atoms with E-state index >= 15 is 0 Å². The molecular formula is C27H28Cl3FN4O5S. The third kappa shape index (κ3) is 7.23. The number of carboxylic acids is 1. The van der Waals surface area contributed by atoms with Crippen molar-refractivity contribution in [2.45, 2.75) is 4.90 Å². The Hall–Kier alpha value is -3.51. The summed E-state index contributed by atoms with van der Waals surface area (Å²) in [4.78, 5) is 20.8. The molecule has 0 atom stereocenters. The molecule has 14 heteroatoms. The topological polar surface area (TPSA) is 112 Å². The molecule has 0 spiro atoms. The van der Waals surface area contributed by atoms with Gasteiger partial charge in [0.25, 0.3) is 10.0 Å². The van der Waals surface area contributed by atoms with Gasteiger partial charge in [0.15, 0.2) is 0 Å². The van der Waals surface area contributed by atoms with E-state index in [1.807, 2.05) is 9.80 Å². The smallest absolute Gasteiger partial charge is 0.336 e. The number of rotatable bonds is 7. The van der Waals surface area contributed by atoms with E-state index < -0.39 is 16.0 Å². The highest BCUT2D eigenvalue weighted by Gasteiger charge is 2.23. The second kappa shape index (κ2) is 13.9. The Kier molecular flexibility index (Phi) is 11.4. The van der Waals surface area contributed by atoms with Crippen molar-refractivity contribution in [2.24, 2.45) is 0 Å². The Morgan fingerprint density at radius 3 is 2.17 bits per heavy atom.